The Labute approximate surface area is 337 Å². The summed E-state index contributed by atoms with van der Waals surface area (Å²) in [4.78, 5) is 2.40. The second kappa shape index (κ2) is 18.3. The van der Waals surface area contributed by atoms with Crippen molar-refractivity contribution >= 4 is 25.7 Å². The van der Waals surface area contributed by atoms with Gasteiger partial charge in [-0.2, -0.15) is 13.9 Å². The third kappa shape index (κ3) is 9.56. The summed E-state index contributed by atoms with van der Waals surface area (Å²) in [6.45, 7) is 8.43. The minimum atomic E-state index is -4.22. The van der Waals surface area contributed by atoms with Crippen LogP contribution in [0.2, 0.25) is 0 Å². The Morgan fingerprint density at radius 2 is 1.58 bits per heavy atom. The van der Waals surface area contributed by atoms with Crippen LogP contribution in [0.3, 0.4) is 0 Å². The highest BCUT2D eigenvalue weighted by atomic mass is 32.2. The predicted octanol–water partition coefficient (Wildman–Crippen LogP) is 6.63. The molecule has 0 bridgehead atoms. The number of nitriles is 1. The van der Waals surface area contributed by atoms with Crippen LogP contribution in [0.5, 0.6) is 11.5 Å². The van der Waals surface area contributed by atoms with Gasteiger partial charge in [0, 0.05) is 38.8 Å². The fourth-order valence-electron chi connectivity index (χ4n) is 7.69. The molecule has 1 saturated heterocycles. The average molecular weight is 817 g/mol. The molecule has 0 amide bonds. The number of ether oxygens (including phenoxy) is 4. The van der Waals surface area contributed by atoms with Gasteiger partial charge in [0.1, 0.15) is 18.1 Å². The summed E-state index contributed by atoms with van der Waals surface area (Å²) < 4.78 is 82.6. The zero-order chi connectivity index (χ0) is 40.7. The summed E-state index contributed by atoms with van der Waals surface area (Å²) in [6, 6.07) is 25.1. The van der Waals surface area contributed by atoms with Crippen LogP contribution in [0.1, 0.15) is 54.4 Å². The van der Waals surface area contributed by atoms with E-state index in [1.54, 1.807) is 57.5 Å². The number of sulfonamides is 2. The van der Waals surface area contributed by atoms with Crippen molar-refractivity contribution in [1.29, 1.82) is 5.26 Å². The molecule has 0 aromatic heterocycles. The normalized spacial score (nSPS) is 19.2. The maximum absolute atomic E-state index is 14.7. The van der Waals surface area contributed by atoms with Gasteiger partial charge in [-0.25, -0.2) is 16.8 Å². The summed E-state index contributed by atoms with van der Waals surface area (Å²) in [5.74, 6) is 1.20. The topological polar surface area (TPSA) is 139 Å². The maximum Gasteiger partial charge on any atom is 0.272 e. The van der Waals surface area contributed by atoms with Crippen LogP contribution in [0.4, 0.5) is 5.69 Å². The van der Waals surface area contributed by atoms with Crippen molar-refractivity contribution in [2.75, 3.05) is 52.0 Å². The first kappa shape index (κ1) is 42.0. The second-order valence-electron chi connectivity index (χ2n) is 14.8. The molecule has 1 fully saturated rings. The SMILES string of the molecule is COCCCN1CCOc2ccc(CO[C@H]3CN(S(=O)(=O)c4ccc(C)cc4)[C@H](CC(C)N(C#N)S(=O)(=O)c4ccc(C)cc4)CC3c3ccc(OC)cc3)cc21. The van der Waals surface area contributed by atoms with E-state index < -0.39 is 38.2 Å². The van der Waals surface area contributed by atoms with Crippen molar-refractivity contribution in [2.45, 2.75) is 80.5 Å². The van der Waals surface area contributed by atoms with Crippen LogP contribution < -0.4 is 14.4 Å². The van der Waals surface area contributed by atoms with Gasteiger partial charge in [-0.1, -0.05) is 53.6 Å². The molecule has 2 aliphatic heterocycles. The van der Waals surface area contributed by atoms with Crippen LogP contribution >= 0.6 is 0 Å². The lowest BCUT2D eigenvalue weighted by Crippen LogP contribution is -2.54. The Morgan fingerprint density at radius 3 is 2.21 bits per heavy atom. The third-order valence-corrected chi connectivity index (χ3v) is 14.6. The molecule has 12 nitrogen and oxygen atoms in total. The number of hydrogen-bond donors (Lipinski definition) is 0. The van der Waals surface area contributed by atoms with Gasteiger partial charge in [-0.05, 0) is 99.7 Å². The van der Waals surface area contributed by atoms with Crippen molar-refractivity contribution in [3.63, 3.8) is 0 Å². The van der Waals surface area contributed by atoms with Crippen LogP contribution in [-0.4, -0.2) is 90.7 Å². The zero-order valence-corrected chi connectivity index (χ0v) is 34.8. The number of hydrogen-bond acceptors (Lipinski definition) is 10. The minimum absolute atomic E-state index is 0.00124. The van der Waals surface area contributed by atoms with Crippen LogP contribution in [0, 0.1) is 25.3 Å². The van der Waals surface area contributed by atoms with Crippen molar-refractivity contribution in [3.05, 3.63) is 113 Å². The highest BCUT2D eigenvalue weighted by Gasteiger charge is 2.44. The van der Waals surface area contributed by atoms with Gasteiger partial charge < -0.3 is 23.8 Å². The molecule has 0 aliphatic carbocycles. The lowest BCUT2D eigenvalue weighted by molar-refractivity contribution is -0.0222. The Balaban J connectivity index is 1.34. The predicted molar refractivity (Wildman–Crippen MR) is 218 cm³/mol. The van der Waals surface area contributed by atoms with E-state index in [4.69, 9.17) is 18.9 Å². The summed E-state index contributed by atoms with van der Waals surface area (Å²) >= 11 is 0. The van der Waals surface area contributed by atoms with Gasteiger partial charge >= 0.3 is 0 Å². The number of nitrogens with zero attached hydrogens (tertiary/aromatic N) is 4. The van der Waals surface area contributed by atoms with Gasteiger partial charge in [-0.15, -0.1) is 0 Å². The number of benzene rings is 4. The van der Waals surface area contributed by atoms with Gasteiger partial charge in [0.25, 0.3) is 10.0 Å². The Kier molecular flexibility index (Phi) is 13.5. The van der Waals surface area contributed by atoms with E-state index in [9.17, 15) is 22.1 Å². The van der Waals surface area contributed by atoms with Gasteiger partial charge in [0.2, 0.25) is 10.0 Å². The molecule has 2 heterocycles. The first-order chi connectivity index (χ1) is 27.3. The van der Waals surface area contributed by atoms with E-state index in [2.05, 4.69) is 11.0 Å². The molecule has 4 aromatic rings. The lowest BCUT2D eigenvalue weighted by Gasteiger charge is -2.44. The van der Waals surface area contributed by atoms with Gasteiger partial charge in [0.15, 0.2) is 6.19 Å². The summed E-state index contributed by atoms with van der Waals surface area (Å²) in [6.07, 6.45) is 2.56. The molecule has 6 rings (SSSR count). The second-order valence-corrected chi connectivity index (χ2v) is 18.5. The fraction of sp³-hybridized carbons (Fsp3) is 0.419. The first-order valence-corrected chi connectivity index (χ1v) is 22.1. The van der Waals surface area contributed by atoms with Crippen molar-refractivity contribution in [3.8, 4) is 17.7 Å². The lowest BCUT2D eigenvalue weighted by atomic mass is 9.82. The van der Waals surface area contributed by atoms with E-state index in [0.717, 1.165) is 57.5 Å². The summed E-state index contributed by atoms with van der Waals surface area (Å²) in [5.41, 5.74) is 4.62. The highest BCUT2D eigenvalue weighted by Crippen LogP contribution is 2.40. The molecule has 0 saturated carbocycles. The number of aryl methyl sites for hydroxylation is 2. The number of methoxy groups -OCH3 is 2. The minimum Gasteiger partial charge on any atom is -0.497 e. The van der Waals surface area contributed by atoms with Gasteiger partial charge in [-0.3, -0.25) is 0 Å². The molecule has 0 radical (unpaired) electrons. The van der Waals surface area contributed by atoms with Crippen LogP contribution in [0.25, 0.3) is 0 Å². The number of fused-ring (bicyclic) bond motifs is 1. The highest BCUT2D eigenvalue weighted by molar-refractivity contribution is 7.89. The van der Waals surface area contributed by atoms with E-state index in [1.807, 2.05) is 56.4 Å². The van der Waals surface area contributed by atoms with E-state index in [1.165, 1.54) is 16.4 Å². The maximum atomic E-state index is 14.7. The molecule has 0 N–H and O–H groups in total. The first-order valence-electron chi connectivity index (χ1n) is 19.2. The zero-order valence-electron chi connectivity index (χ0n) is 33.2. The van der Waals surface area contributed by atoms with Crippen LogP contribution in [-0.2, 0) is 36.1 Å². The molecule has 304 valence electrons. The van der Waals surface area contributed by atoms with Crippen molar-refractivity contribution in [1.82, 2.24) is 8.61 Å². The molecule has 4 aromatic carbocycles. The number of piperidine rings is 1. The largest absolute Gasteiger partial charge is 0.497 e. The van der Waals surface area contributed by atoms with Crippen molar-refractivity contribution in [2.24, 2.45) is 0 Å². The molecular formula is C43H52N4O8S2. The summed E-state index contributed by atoms with van der Waals surface area (Å²) in [5, 5.41) is 10.3. The Morgan fingerprint density at radius 1 is 0.912 bits per heavy atom. The molecule has 57 heavy (non-hydrogen) atoms. The standard InChI is InChI=1S/C43H52N4O8S2/c1-31-7-16-38(17-8-31)56(48,49)46-28-43(55-29-34-11-20-42-41(26-34)45(22-24-54-42)21-6-23-52-4)40(35-12-14-37(53-5)15-13-35)27-36(46)25-33(3)47(30-44)57(50,51)39-18-9-32(2)10-19-39/h7-20,26,33,36,40,43H,6,21-25,27-29H2,1-5H3/t33?,36-,40?,43+/m1/s1. The van der Waals surface area contributed by atoms with E-state index in [-0.39, 0.29) is 35.3 Å². The summed E-state index contributed by atoms with van der Waals surface area (Å²) in [7, 11) is -5.04. The van der Waals surface area contributed by atoms with Crippen LogP contribution in [0.15, 0.2) is 101 Å². The van der Waals surface area contributed by atoms with Gasteiger partial charge in [0.05, 0.1) is 47.9 Å². The molecule has 2 unspecified atom stereocenters. The average Bonchev–Trinajstić information content (AvgIpc) is 3.20. The molecule has 0 spiro atoms. The smallest absolute Gasteiger partial charge is 0.272 e. The molecule has 2 aliphatic rings. The third-order valence-electron chi connectivity index (χ3n) is 10.8. The van der Waals surface area contributed by atoms with Crippen molar-refractivity contribution < 1.29 is 35.8 Å². The fourth-order valence-corrected chi connectivity index (χ4v) is 10.7. The molecule has 14 heteroatoms. The van der Waals surface area contributed by atoms with E-state index >= 15 is 0 Å². The number of anilines is 1. The molecule has 4 atom stereocenters. The number of rotatable bonds is 16. The molecular weight excluding hydrogens is 765 g/mol. The Bertz CT molecular complexity index is 2230. The monoisotopic (exact) mass is 816 g/mol. The van der Waals surface area contributed by atoms with E-state index in [0.29, 0.717) is 25.4 Å². The Hall–Kier alpha value is -4.65. The quantitative estimate of drug-likeness (QED) is 0.0688.